The van der Waals surface area contributed by atoms with Crippen LogP contribution < -0.4 is 5.73 Å². The van der Waals surface area contributed by atoms with Crippen LogP contribution in [0, 0.1) is 13.8 Å². The van der Waals surface area contributed by atoms with Crippen molar-refractivity contribution in [3.8, 4) is 0 Å². The first-order valence-corrected chi connectivity index (χ1v) is 5.32. The van der Waals surface area contributed by atoms with Gasteiger partial charge in [0.2, 0.25) is 0 Å². The number of hydrogen-bond acceptors (Lipinski definition) is 1. The van der Waals surface area contributed by atoms with E-state index in [0.717, 1.165) is 12.8 Å². The minimum absolute atomic E-state index is 0.0325. The molecule has 0 aliphatic heterocycles. The third kappa shape index (κ3) is 1.13. The summed E-state index contributed by atoms with van der Waals surface area (Å²) in [6, 6.07) is 0. The van der Waals surface area contributed by atoms with Crippen LogP contribution in [0.15, 0.2) is 6.20 Å². The third-order valence-electron chi connectivity index (χ3n) is 3.93. The molecule has 2 heteroatoms. The van der Waals surface area contributed by atoms with Crippen LogP contribution in [-0.2, 0) is 5.41 Å². The van der Waals surface area contributed by atoms with E-state index in [4.69, 9.17) is 5.73 Å². The van der Waals surface area contributed by atoms with Gasteiger partial charge in [0.1, 0.15) is 0 Å². The number of H-pyrrole nitrogens is 1. The molecule has 1 aromatic heterocycles. The highest BCUT2D eigenvalue weighted by Crippen LogP contribution is 2.50. The normalized spacial score (nSPS) is 19.8. The van der Waals surface area contributed by atoms with Crippen LogP contribution in [-0.4, -0.2) is 10.5 Å². The summed E-state index contributed by atoms with van der Waals surface area (Å²) in [5.41, 5.74) is 10.5. The first kappa shape index (κ1) is 9.78. The summed E-state index contributed by atoms with van der Waals surface area (Å²) in [5.74, 6) is 0. The molecule has 0 radical (unpaired) electrons. The average molecular weight is 192 g/mol. The molecule has 0 saturated heterocycles. The molecule has 0 bridgehead atoms. The quantitative estimate of drug-likeness (QED) is 0.742. The first-order chi connectivity index (χ1) is 6.38. The van der Waals surface area contributed by atoms with Gasteiger partial charge in [-0.25, -0.2) is 0 Å². The molecule has 0 amide bonds. The minimum atomic E-state index is 0.0325. The second-order valence-electron chi connectivity index (χ2n) is 5.25. The first-order valence-electron chi connectivity index (χ1n) is 5.32. The zero-order valence-corrected chi connectivity index (χ0v) is 9.57. The monoisotopic (exact) mass is 192 g/mol. The van der Waals surface area contributed by atoms with E-state index in [-0.39, 0.29) is 11.0 Å². The van der Waals surface area contributed by atoms with E-state index in [1.54, 1.807) is 0 Å². The van der Waals surface area contributed by atoms with Crippen LogP contribution in [0.1, 0.15) is 43.5 Å². The van der Waals surface area contributed by atoms with Crippen molar-refractivity contribution in [2.75, 3.05) is 0 Å². The zero-order valence-electron chi connectivity index (χ0n) is 9.57. The van der Waals surface area contributed by atoms with Gasteiger partial charge >= 0.3 is 0 Å². The summed E-state index contributed by atoms with van der Waals surface area (Å²) < 4.78 is 0. The van der Waals surface area contributed by atoms with E-state index in [1.807, 2.05) is 0 Å². The van der Waals surface area contributed by atoms with Gasteiger partial charge in [0.15, 0.2) is 0 Å². The molecule has 1 heterocycles. The Kier molecular flexibility index (Phi) is 1.84. The fraction of sp³-hybridized carbons (Fsp3) is 0.667. The van der Waals surface area contributed by atoms with Crippen LogP contribution >= 0.6 is 0 Å². The number of aromatic nitrogens is 1. The fourth-order valence-electron chi connectivity index (χ4n) is 2.63. The maximum atomic E-state index is 6.34. The minimum Gasteiger partial charge on any atom is -0.365 e. The largest absolute Gasteiger partial charge is 0.365 e. The molecular formula is C12H20N2. The Morgan fingerprint density at radius 2 is 1.93 bits per heavy atom. The van der Waals surface area contributed by atoms with Crippen LogP contribution in [0.3, 0.4) is 0 Å². The van der Waals surface area contributed by atoms with Crippen molar-refractivity contribution in [2.45, 2.75) is 51.5 Å². The Hall–Kier alpha value is -0.760. The van der Waals surface area contributed by atoms with Crippen molar-refractivity contribution in [1.29, 1.82) is 0 Å². The van der Waals surface area contributed by atoms with Gasteiger partial charge in [-0.05, 0) is 37.8 Å². The van der Waals surface area contributed by atoms with Gasteiger partial charge in [-0.3, -0.25) is 0 Å². The number of rotatable bonds is 2. The van der Waals surface area contributed by atoms with E-state index in [0.29, 0.717) is 0 Å². The molecule has 1 aliphatic carbocycles. The lowest BCUT2D eigenvalue weighted by molar-refractivity contribution is 0.388. The Morgan fingerprint density at radius 1 is 1.36 bits per heavy atom. The van der Waals surface area contributed by atoms with E-state index in [1.165, 1.54) is 16.8 Å². The molecule has 2 nitrogen and oxygen atoms in total. The number of hydrogen-bond donors (Lipinski definition) is 2. The molecule has 1 saturated carbocycles. The number of nitrogens with two attached hydrogens (primary N) is 1. The Morgan fingerprint density at radius 3 is 2.29 bits per heavy atom. The lowest BCUT2D eigenvalue weighted by Crippen LogP contribution is -2.43. The molecule has 0 atom stereocenters. The molecule has 1 aliphatic rings. The van der Waals surface area contributed by atoms with E-state index in [9.17, 15) is 0 Å². The predicted molar refractivity (Wildman–Crippen MR) is 59.4 cm³/mol. The van der Waals surface area contributed by atoms with Crippen LogP contribution in [0.2, 0.25) is 0 Å². The number of aryl methyl sites for hydroxylation is 2. The standard InChI is InChI=1S/C12H20N2/c1-8-7-14-9(2)10(8)11(3,4)12(13)5-6-12/h7,14H,5-6,13H2,1-4H3. The fourth-order valence-corrected chi connectivity index (χ4v) is 2.63. The van der Waals surface area contributed by atoms with Gasteiger partial charge in [0.25, 0.3) is 0 Å². The molecule has 0 spiro atoms. The molecule has 2 rings (SSSR count). The second-order valence-corrected chi connectivity index (χ2v) is 5.25. The molecule has 0 aromatic carbocycles. The SMILES string of the molecule is Cc1c[nH]c(C)c1C(C)(C)C1(N)CC1. The number of aromatic amines is 1. The van der Waals surface area contributed by atoms with Crippen molar-refractivity contribution in [1.82, 2.24) is 4.98 Å². The molecule has 3 N–H and O–H groups in total. The summed E-state index contributed by atoms with van der Waals surface area (Å²) in [4.78, 5) is 3.29. The Labute approximate surface area is 85.9 Å². The van der Waals surface area contributed by atoms with Gasteiger partial charge < -0.3 is 10.7 Å². The summed E-state index contributed by atoms with van der Waals surface area (Å²) in [5, 5.41) is 0. The highest BCUT2D eigenvalue weighted by molar-refractivity contribution is 5.41. The molecule has 14 heavy (non-hydrogen) atoms. The lowest BCUT2D eigenvalue weighted by atomic mass is 9.74. The van der Waals surface area contributed by atoms with Gasteiger partial charge in [-0.1, -0.05) is 13.8 Å². The summed E-state index contributed by atoms with van der Waals surface area (Å²) in [6.45, 7) is 8.83. The van der Waals surface area contributed by atoms with E-state index < -0.39 is 0 Å². The molecule has 1 fully saturated rings. The second kappa shape index (κ2) is 2.63. The number of nitrogens with one attached hydrogen (secondary N) is 1. The van der Waals surface area contributed by atoms with Crippen molar-refractivity contribution in [2.24, 2.45) is 5.73 Å². The highest BCUT2D eigenvalue weighted by Gasteiger charge is 2.52. The van der Waals surface area contributed by atoms with Gasteiger partial charge in [0, 0.05) is 22.8 Å². The summed E-state index contributed by atoms with van der Waals surface area (Å²) in [6.07, 6.45) is 4.40. The van der Waals surface area contributed by atoms with Gasteiger partial charge in [-0.2, -0.15) is 0 Å². The summed E-state index contributed by atoms with van der Waals surface area (Å²) in [7, 11) is 0. The maximum absolute atomic E-state index is 6.34. The highest BCUT2D eigenvalue weighted by atomic mass is 14.9. The summed E-state index contributed by atoms with van der Waals surface area (Å²) >= 11 is 0. The van der Waals surface area contributed by atoms with Gasteiger partial charge in [0.05, 0.1) is 0 Å². The van der Waals surface area contributed by atoms with Crippen molar-refractivity contribution >= 4 is 0 Å². The van der Waals surface area contributed by atoms with E-state index >= 15 is 0 Å². The smallest absolute Gasteiger partial charge is 0.0249 e. The van der Waals surface area contributed by atoms with Crippen molar-refractivity contribution < 1.29 is 0 Å². The third-order valence-corrected chi connectivity index (χ3v) is 3.93. The van der Waals surface area contributed by atoms with Crippen LogP contribution in [0.5, 0.6) is 0 Å². The van der Waals surface area contributed by atoms with E-state index in [2.05, 4.69) is 38.9 Å². The molecule has 0 unspecified atom stereocenters. The topological polar surface area (TPSA) is 41.8 Å². The zero-order chi connectivity index (χ0) is 10.6. The predicted octanol–water partition coefficient (Wildman–Crippen LogP) is 2.40. The Bertz CT molecular complexity index is 337. The molecule has 1 aromatic rings. The average Bonchev–Trinajstić information content (AvgIpc) is 2.73. The van der Waals surface area contributed by atoms with Crippen molar-refractivity contribution in [3.05, 3.63) is 23.0 Å². The van der Waals surface area contributed by atoms with Gasteiger partial charge in [-0.15, -0.1) is 0 Å². The maximum Gasteiger partial charge on any atom is 0.0249 e. The van der Waals surface area contributed by atoms with Crippen LogP contribution in [0.25, 0.3) is 0 Å². The Balaban J connectivity index is 2.48. The lowest BCUT2D eigenvalue weighted by Gasteiger charge is -2.33. The molecule has 78 valence electrons. The molecular weight excluding hydrogens is 172 g/mol. The van der Waals surface area contributed by atoms with Crippen molar-refractivity contribution in [3.63, 3.8) is 0 Å². The van der Waals surface area contributed by atoms with Crippen LogP contribution in [0.4, 0.5) is 0 Å².